The smallest absolute Gasteiger partial charge is 0.327 e. The van der Waals surface area contributed by atoms with Crippen LogP contribution in [0, 0.1) is 0 Å². The van der Waals surface area contributed by atoms with Crippen LogP contribution in [0.2, 0.25) is 0 Å². The highest BCUT2D eigenvalue weighted by atomic mass is 16.2. The molecule has 4 rings (SSSR count). The molecule has 5 nitrogen and oxygen atoms in total. The first-order valence-electron chi connectivity index (χ1n) is 7.26. The SMILES string of the molecule is C=C1CCC(N2C(=O)Nc3cccc4cccc2c34)C(=O)N1. The first-order valence-corrected chi connectivity index (χ1v) is 7.26. The Morgan fingerprint density at radius 1 is 1.09 bits per heavy atom. The van der Waals surface area contributed by atoms with Gasteiger partial charge in [-0.1, -0.05) is 30.8 Å². The summed E-state index contributed by atoms with van der Waals surface area (Å²) in [5, 5.41) is 7.65. The highest BCUT2D eigenvalue weighted by molar-refractivity contribution is 6.20. The third-order valence-electron chi connectivity index (χ3n) is 4.24. The first kappa shape index (κ1) is 12.9. The maximum Gasteiger partial charge on any atom is 0.327 e. The van der Waals surface area contributed by atoms with Gasteiger partial charge in [-0.2, -0.15) is 0 Å². The van der Waals surface area contributed by atoms with Crippen LogP contribution in [0.5, 0.6) is 0 Å². The predicted octanol–water partition coefficient (Wildman–Crippen LogP) is 2.98. The minimum atomic E-state index is -0.510. The molecule has 5 heteroatoms. The molecule has 2 aromatic carbocycles. The lowest BCUT2D eigenvalue weighted by molar-refractivity contribution is -0.122. The Morgan fingerprint density at radius 3 is 2.64 bits per heavy atom. The lowest BCUT2D eigenvalue weighted by atomic mass is 9.98. The second kappa shape index (κ2) is 4.59. The summed E-state index contributed by atoms with van der Waals surface area (Å²) in [6, 6.07) is 10.8. The molecule has 110 valence electrons. The van der Waals surface area contributed by atoms with Crippen LogP contribution in [0.4, 0.5) is 16.2 Å². The summed E-state index contributed by atoms with van der Waals surface area (Å²) < 4.78 is 0. The number of urea groups is 1. The largest absolute Gasteiger partial charge is 0.329 e. The Kier molecular flexibility index (Phi) is 2.69. The quantitative estimate of drug-likeness (QED) is 0.849. The van der Waals surface area contributed by atoms with Crippen molar-refractivity contribution in [2.45, 2.75) is 18.9 Å². The van der Waals surface area contributed by atoms with Crippen LogP contribution in [0.3, 0.4) is 0 Å². The number of hydrogen-bond acceptors (Lipinski definition) is 2. The number of allylic oxidation sites excluding steroid dienone is 1. The highest BCUT2D eigenvalue weighted by Gasteiger charge is 2.37. The summed E-state index contributed by atoms with van der Waals surface area (Å²) in [5.74, 6) is -0.178. The molecule has 2 aliphatic rings. The Balaban J connectivity index is 1.87. The van der Waals surface area contributed by atoms with E-state index in [2.05, 4.69) is 17.2 Å². The summed E-state index contributed by atoms with van der Waals surface area (Å²) in [6.07, 6.45) is 1.26. The van der Waals surface area contributed by atoms with Gasteiger partial charge in [0.15, 0.2) is 0 Å². The van der Waals surface area contributed by atoms with Gasteiger partial charge >= 0.3 is 6.03 Å². The molecule has 0 aliphatic carbocycles. The van der Waals surface area contributed by atoms with Gasteiger partial charge in [0.1, 0.15) is 6.04 Å². The zero-order chi connectivity index (χ0) is 15.3. The van der Waals surface area contributed by atoms with Gasteiger partial charge in [-0.3, -0.25) is 9.69 Å². The molecule has 2 aliphatic heterocycles. The van der Waals surface area contributed by atoms with E-state index in [1.807, 2.05) is 36.4 Å². The van der Waals surface area contributed by atoms with Gasteiger partial charge in [0.05, 0.1) is 11.4 Å². The Hall–Kier alpha value is -2.82. The average Bonchev–Trinajstić information content (AvgIpc) is 2.49. The summed E-state index contributed by atoms with van der Waals surface area (Å²) in [6.45, 7) is 3.79. The van der Waals surface area contributed by atoms with Gasteiger partial charge in [0.2, 0.25) is 5.91 Å². The van der Waals surface area contributed by atoms with Crippen molar-refractivity contribution in [1.82, 2.24) is 5.32 Å². The summed E-state index contributed by atoms with van der Waals surface area (Å²) in [7, 11) is 0. The fourth-order valence-corrected chi connectivity index (χ4v) is 3.23. The van der Waals surface area contributed by atoms with E-state index in [0.29, 0.717) is 18.5 Å². The number of carbonyl (C=O) groups excluding carboxylic acids is 2. The molecule has 0 saturated carbocycles. The third-order valence-corrected chi connectivity index (χ3v) is 4.24. The van der Waals surface area contributed by atoms with Crippen molar-refractivity contribution in [1.29, 1.82) is 0 Å². The second-order valence-corrected chi connectivity index (χ2v) is 5.63. The molecule has 1 unspecified atom stereocenters. The number of rotatable bonds is 1. The number of nitrogens with one attached hydrogen (secondary N) is 2. The number of carbonyl (C=O) groups is 2. The molecule has 3 amide bonds. The van der Waals surface area contributed by atoms with Crippen molar-refractivity contribution in [3.63, 3.8) is 0 Å². The summed E-state index contributed by atoms with van der Waals surface area (Å²) in [5.41, 5.74) is 2.27. The molecule has 0 radical (unpaired) electrons. The van der Waals surface area contributed by atoms with Crippen LogP contribution >= 0.6 is 0 Å². The monoisotopic (exact) mass is 293 g/mol. The maximum absolute atomic E-state index is 12.5. The number of piperidine rings is 1. The standard InChI is InChI=1S/C17H15N3O2/c1-10-8-9-14(16(21)18-10)20-13-7-3-5-11-4-2-6-12(15(11)13)19-17(20)22/h2-7,14H,1,8-9H2,(H,18,21)(H,19,22). The van der Waals surface area contributed by atoms with Crippen LogP contribution < -0.4 is 15.5 Å². The number of amides is 3. The van der Waals surface area contributed by atoms with Gasteiger partial charge in [0, 0.05) is 11.1 Å². The van der Waals surface area contributed by atoms with Gasteiger partial charge in [-0.05, 0) is 30.4 Å². The van der Waals surface area contributed by atoms with Crippen LogP contribution in [-0.4, -0.2) is 18.0 Å². The maximum atomic E-state index is 12.5. The second-order valence-electron chi connectivity index (χ2n) is 5.63. The van der Waals surface area contributed by atoms with Crippen molar-refractivity contribution >= 4 is 34.1 Å². The van der Waals surface area contributed by atoms with Gasteiger partial charge in [-0.25, -0.2) is 4.79 Å². The van der Waals surface area contributed by atoms with E-state index in [0.717, 1.165) is 22.1 Å². The number of hydrogen-bond donors (Lipinski definition) is 2. The van der Waals surface area contributed by atoms with E-state index in [9.17, 15) is 9.59 Å². The molecule has 2 N–H and O–H groups in total. The minimum absolute atomic E-state index is 0.178. The molecule has 2 aromatic rings. The number of anilines is 2. The molecule has 2 heterocycles. The Labute approximate surface area is 127 Å². The molecular formula is C17H15N3O2. The molecule has 1 saturated heterocycles. The fourth-order valence-electron chi connectivity index (χ4n) is 3.23. The Morgan fingerprint density at radius 2 is 1.86 bits per heavy atom. The lowest BCUT2D eigenvalue weighted by Crippen LogP contribution is -2.54. The van der Waals surface area contributed by atoms with Crippen molar-refractivity contribution in [2.75, 3.05) is 10.2 Å². The van der Waals surface area contributed by atoms with Crippen molar-refractivity contribution < 1.29 is 9.59 Å². The van der Waals surface area contributed by atoms with E-state index < -0.39 is 6.04 Å². The van der Waals surface area contributed by atoms with Gasteiger partial charge < -0.3 is 10.6 Å². The van der Waals surface area contributed by atoms with E-state index in [-0.39, 0.29) is 11.9 Å². The van der Waals surface area contributed by atoms with Crippen LogP contribution in [0.25, 0.3) is 10.8 Å². The fraction of sp³-hybridized carbons (Fsp3) is 0.176. The molecule has 1 fully saturated rings. The van der Waals surface area contributed by atoms with Crippen molar-refractivity contribution in [3.05, 3.63) is 48.7 Å². The summed E-state index contributed by atoms with van der Waals surface area (Å²) in [4.78, 5) is 26.4. The zero-order valence-corrected chi connectivity index (χ0v) is 11.9. The van der Waals surface area contributed by atoms with Crippen LogP contribution in [0.1, 0.15) is 12.8 Å². The zero-order valence-electron chi connectivity index (χ0n) is 11.9. The molecule has 0 spiro atoms. The Bertz CT molecular complexity index is 823. The number of benzene rings is 2. The topological polar surface area (TPSA) is 61.4 Å². The first-order chi connectivity index (χ1) is 10.6. The molecule has 1 atom stereocenters. The third kappa shape index (κ3) is 1.79. The van der Waals surface area contributed by atoms with E-state index >= 15 is 0 Å². The molecule has 0 bridgehead atoms. The minimum Gasteiger partial charge on any atom is -0.329 e. The normalized spacial score (nSPS) is 20.8. The molecule has 0 aromatic heterocycles. The lowest BCUT2D eigenvalue weighted by Gasteiger charge is -2.37. The number of nitrogens with zero attached hydrogens (tertiary/aromatic N) is 1. The predicted molar refractivity (Wildman–Crippen MR) is 85.8 cm³/mol. The highest BCUT2D eigenvalue weighted by Crippen LogP contribution is 2.38. The van der Waals surface area contributed by atoms with Gasteiger partial charge in [-0.15, -0.1) is 0 Å². The van der Waals surface area contributed by atoms with Crippen LogP contribution in [-0.2, 0) is 4.79 Å². The van der Waals surface area contributed by atoms with E-state index in [4.69, 9.17) is 0 Å². The van der Waals surface area contributed by atoms with E-state index in [1.54, 1.807) is 4.90 Å². The molecule has 22 heavy (non-hydrogen) atoms. The van der Waals surface area contributed by atoms with Crippen molar-refractivity contribution in [2.24, 2.45) is 0 Å². The summed E-state index contributed by atoms with van der Waals surface area (Å²) >= 11 is 0. The van der Waals surface area contributed by atoms with E-state index in [1.165, 1.54) is 0 Å². The van der Waals surface area contributed by atoms with Crippen molar-refractivity contribution in [3.8, 4) is 0 Å². The molecular weight excluding hydrogens is 278 g/mol. The van der Waals surface area contributed by atoms with Crippen LogP contribution in [0.15, 0.2) is 48.7 Å². The average molecular weight is 293 g/mol. The van der Waals surface area contributed by atoms with Gasteiger partial charge in [0.25, 0.3) is 0 Å².